The van der Waals surface area contributed by atoms with Gasteiger partial charge in [0, 0.05) is 37.6 Å². The van der Waals surface area contributed by atoms with Gasteiger partial charge in [0.15, 0.2) is 0 Å². The molecule has 1 amide bonds. The number of nitrogens with one attached hydrogen (secondary N) is 1. The number of anilines is 1. The molecule has 2 heterocycles. The van der Waals surface area contributed by atoms with Crippen LogP contribution in [0.5, 0.6) is 0 Å². The highest BCUT2D eigenvalue weighted by molar-refractivity contribution is 5.85. The van der Waals surface area contributed by atoms with E-state index in [4.69, 9.17) is 4.74 Å². The minimum atomic E-state index is -0.898. The van der Waals surface area contributed by atoms with Crippen LogP contribution in [0.4, 0.5) is 5.95 Å². The second-order valence-corrected chi connectivity index (χ2v) is 6.42. The lowest BCUT2D eigenvalue weighted by Crippen LogP contribution is -2.40. The molecule has 1 aromatic heterocycles. The minimum Gasteiger partial charge on any atom is -0.447 e. The van der Waals surface area contributed by atoms with Gasteiger partial charge in [-0.15, -0.1) is 0 Å². The van der Waals surface area contributed by atoms with Gasteiger partial charge in [-0.25, -0.2) is 9.97 Å². The maximum Gasteiger partial charge on any atom is 0.308 e. The summed E-state index contributed by atoms with van der Waals surface area (Å²) in [5.74, 6) is -0.124. The van der Waals surface area contributed by atoms with Gasteiger partial charge in [0.1, 0.15) is 0 Å². The largest absolute Gasteiger partial charge is 0.447 e. The third-order valence-electron chi connectivity index (χ3n) is 4.42. The van der Waals surface area contributed by atoms with E-state index in [0.29, 0.717) is 31.1 Å². The number of carbonyl (C=O) groups is 2. The molecular formula is C20H24N4O3. The van der Waals surface area contributed by atoms with E-state index in [9.17, 15) is 9.59 Å². The molecule has 0 saturated carbocycles. The Kier molecular flexibility index (Phi) is 6.73. The van der Waals surface area contributed by atoms with E-state index in [0.717, 1.165) is 19.3 Å². The van der Waals surface area contributed by atoms with Crippen LogP contribution in [-0.2, 0) is 14.3 Å². The van der Waals surface area contributed by atoms with Crippen molar-refractivity contribution in [3.63, 3.8) is 0 Å². The molecule has 2 aromatic rings. The van der Waals surface area contributed by atoms with Crippen LogP contribution in [0.25, 0.3) is 0 Å². The van der Waals surface area contributed by atoms with Crippen molar-refractivity contribution >= 4 is 17.8 Å². The van der Waals surface area contributed by atoms with Gasteiger partial charge in [-0.3, -0.25) is 9.59 Å². The summed E-state index contributed by atoms with van der Waals surface area (Å²) >= 11 is 0. The number of aromatic nitrogens is 2. The minimum absolute atomic E-state index is 0.120. The molecular weight excluding hydrogens is 344 g/mol. The molecule has 1 aromatic carbocycles. The Bertz CT molecular complexity index is 733. The van der Waals surface area contributed by atoms with E-state index < -0.39 is 12.1 Å². The lowest BCUT2D eigenvalue weighted by Gasteiger charge is -2.30. The standard InChI is InChI=1S/C20H24N4O3/c25-17(10-13-23-20-21-11-7-12-22-20)27-18(16-8-3-1-4-9-16)19(26)24-14-5-2-6-15-24/h1,3-4,7-9,11-12,18H,2,5-6,10,13-15H2,(H,21,22,23). The van der Waals surface area contributed by atoms with Crippen LogP contribution in [0.1, 0.15) is 37.4 Å². The number of piperidine rings is 1. The number of hydrogen-bond acceptors (Lipinski definition) is 6. The molecule has 0 spiro atoms. The van der Waals surface area contributed by atoms with Crippen molar-refractivity contribution in [3.05, 3.63) is 54.4 Å². The Balaban J connectivity index is 1.60. The average Bonchev–Trinajstić information content (AvgIpc) is 2.73. The molecule has 7 heteroatoms. The molecule has 1 fully saturated rings. The molecule has 0 aliphatic carbocycles. The lowest BCUT2D eigenvalue weighted by atomic mass is 10.1. The van der Waals surface area contributed by atoms with E-state index in [1.807, 2.05) is 30.3 Å². The second kappa shape index (κ2) is 9.66. The van der Waals surface area contributed by atoms with Crippen LogP contribution in [-0.4, -0.2) is 46.4 Å². The number of nitrogens with zero attached hydrogens (tertiary/aromatic N) is 3. The van der Waals surface area contributed by atoms with E-state index in [2.05, 4.69) is 15.3 Å². The zero-order valence-corrected chi connectivity index (χ0v) is 15.2. The van der Waals surface area contributed by atoms with Gasteiger partial charge in [0.2, 0.25) is 12.1 Å². The smallest absolute Gasteiger partial charge is 0.308 e. The van der Waals surface area contributed by atoms with E-state index in [1.165, 1.54) is 0 Å². The summed E-state index contributed by atoms with van der Waals surface area (Å²) in [5.41, 5.74) is 0.695. The zero-order chi connectivity index (χ0) is 18.9. The summed E-state index contributed by atoms with van der Waals surface area (Å²) in [7, 11) is 0. The summed E-state index contributed by atoms with van der Waals surface area (Å²) < 4.78 is 5.58. The highest BCUT2D eigenvalue weighted by atomic mass is 16.5. The van der Waals surface area contributed by atoms with Crippen LogP contribution in [0.15, 0.2) is 48.8 Å². The van der Waals surface area contributed by atoms with Crippen molar-refractivity contribution in [1.29, 1.82) is 0 Å². The SMILES string of the molecule is O=C(CCNc1ncccn1)OC(C(=O)N1CCCCC1)c1ccccc1. The second-order valence-electron chi connectivity index (χ2n) is 6.42. The number of rotatable bonds is 7. The van der Waals surface area contributed by atoms with Gasteiger partial charge in [-0.2, -0.15) is 0 Å². The predicted molar refractivity (Wildman–Crippen MR) is 101 cm³/mol. The first kappa shape index (κ1) is 18.8. The topological polar surface area (TPSA) is 84.4 Å². The number of carbonyl (C=O) groups excluding carboxylic acids is 2. The molecule has 1 saturated heterocycles. The van der Waals surface area contributed by atoms with Crippen LogP contribution in [0, 0.1) is 0 Å². The number of benzene rings is 1. The van der Waals surface area contributed by atoms with Crippen molar-refractivity contribution in [2.75, 3.05) is 25.0 Å². The zero-order valence-electron chi connectivity index (χ0n) is 15.2. The molecule has 142 valence electrons. The van der Waals surface area contributed by atoms with Gasteiger partial charge < -0.3 is 15.0 Å². The van der Waals surface area contributed by atoms with Crippen LogP contribution in [0.3, 0.4) is 0 Å². The monoisotopic (exact) mass is 368 g/mol. The highest BCUT2D eigenvalue weighted by Crippen LogP contribution is 2.23. The fourth-order valence-electron chi connectivity index (χ4n) is 3.03. The normalized spacial score (nSPS) is 15.0. The first-order valence-corrected chi connectivity index (χ1v) is 9.28. The molecule has 1 N–H and O–H groups in total. The maximum atomic E-state index is 12.9. The highest BCUT2D eigenvalue weighted by Gasteiger charge is 2.30. The molecule has 1 aliphatic heterocycles. The maximum absolute atomic E-state index is 12.9. The summed E-state index contributed by atoms with van der Waals surface area (Å²) in [6, 6.07) is 10.9. The molecule has 1 atom stereocenters. The Morgan fingerprint density at radius 3 is 2.44 bits per heavy atom. The van der Waals surface area contributed by atoms with E-state index in [-0.39, 0.29) is 12.3 Å². The predicted octanol–water partition coefficient (Wildman–Crippen LogP) is 2.58. The van der Waals surface area contributed by atoms with Gasteiger partial charge >= 0.3 is 5.97 Å². The first-order chi connectivity index (χ1) is 13.2. The van der Waals surface area contributed by atoms with Gasteiger partial charge in [0.25, 0.3) is 5.91 Å². The van der Waals surface area contributed by atoms with Crippen LogP contribution < -0.4 is 5.32 Å². The lowest BCUT2D eigenvalue weighted by molar-refractivity contribution is -0.161. The summed E-state index contributed by atoms with van der Waals surface area (Å²) in [4.78, 5) is 35.1. The van der Waals surface area contributed by atoms with Crippen molar-refractivity contribution in [1.82, 2.24) is 14.9 Å². The van der Waals surface area contributed by atoms with Crippen molar-refractivity contribution < 1.29 is 14.3 Å². The van der Waals surface area contributed by atoms with E-state index >= 15 is 0 Å². The van der Waals surface area contributed by atoms with E-state index in [1.54, 1.807) is 23.4 Å². The van der Waals surface area contributed by atoms with Gasteiger partial charge in [-0.05, 0) is 25.3 Å². The number of ether oxygens (including phenoxy) is 1. The van der Waals surface area contributed by atoms with Crippen LogP contribution >= 0.6 is 0 Å². The van der Waals surface area contributed by atoms with Crippen molar-refractivity contribution in [3.8, 4) is 0 Å². The Morgan fingerprint density at radius 2 is 1.74 bits per heavy atom. The van der Waals surface area contributed by atoms with Crippen molar-refractivity contribution in [2.45, 2.75) is 31.8 Å². The van der Waals surface area contributed by atoms with Gasteiger partial charge in [-0.1, -0.05) is 30.3 Å². The van der Waals surface area contributed by atoms with Crippen molar-refractivity contribution in [2.24, 2.45) is 0 Å². The third kappa shape index (κ3) is 5.51. The quantitative estimate of drug-likeness (QED) is 0.756. The molecule has 1 unspecified atom stereocenters. The molecule has 1 aliphatic rings. The molecule has 3 rings (SSSR count). The third-order valence-corrected chi connectivity index (χ3v) is 4.42. The first-order valence-electron chi connectivity index (χ1n) is 9.28. The van der Waals surface area contributed by atoms with Gasteiger partial charge in [0.05, 0.1) is 6.42 Å². The molecule has 0 radical (unpaired) electrons. The Morgan fingerprint density at radius 1 is 1.04 bits per heavy atom. The molecule has 7 nitrogen and oxygen atoms in total. The molecule has 27 heavy (non-hydrogen) atoms. The summed E-state index contributed by atoms with van der Waals surface area (Å²) in [5, 5.41) is 2.96. The fourth-order valence-corrected chi connectivity index (χ4v) is 3.03. The summed E-state index contributed by atoms with van der Waals surface area (Å²) in [6.45, 7) is 1.77. The Hall–Kier alpha value is -2.96. The summed E-state index contributed by atoms with van der Waals surface area (Å²) in [6.07, 6.45) is 5.57. The number of esters is 1. The number of amides is 1. The van der Waals surface area contributed by atoms with Crippen LogP contribution in [0.2, 0.25) is 0 Å². The average molecular weight is 368 g/mol. The number of hydrogen-bond donors (Lipinski definition) is 1. The number of likely N-dealkylation sites (tertiary alicyclic amines) is 1. The Labute approximate surface area is 158 Å². The fraction of sp³-hybridized carbons (Fsp3) is 0.400. The molecule has 0 bridgehead atoms.